The maximum Gasteiger partial charge on any atom is 0.141 e. The van der Waals surface area contributed by atoms with E-state index >= 15 is 0 Å². The molecule has 0 radical (unpaired) electrons. The molecule has 0 aliphatic rings. The fraction of sp³-hybridized carbons (Fsp3) is 0.636. The van der Waals surface area contributed by atoms with Crippen LogP contribution in [0.3, 0.4) is 0 Å². The van der Waals surface area contributed by atoms with Crippen molar-refractivity contribution in [2.24, 2.45) is 0 Å². The normalized spacial score (nSPS) is 13.0. The van der Waals surface area contributed by atoms with E-state index in [0.717, 1.165) is 25.4 Å². The van der Waals surface area contributed by atoms with Crippen LogP contribution in [0.15, 0.2) is 12.4 Å². The van der Waals surface area contributed by atoms with Crippen molar-refractivity contribution in [3.8, 4) is 0 Å². The summed E-state index contributed by atoms with van der Waals surface area (Å²) in [4.78, 5) is 10.5. The highest BCUT2D eigenvalue weighted by atomic mass is 16.5. The van der Waals surface area contributed by atoms with Crippen LogP contribution in [-0.4, -0.2) is 41.2 Å². The van der Waals surface area contributed by atoms with Crippen LogP contribution in [0.1, 0.15) is 19.5 Å². The van der Waals surface area contributed by atoms with E-state index in [2.05, 4.69) is 28.7 Å². The summed E-state index contributed by atoms with van der Waals surface area (Å²) in [7, 11) is 1.72. The molecular weight excluding hydrogens is 204 g/mol. The van der Waals surface area contributed by atoms with E-state index in [1.54, 1.807) is 19.5 Å². The highest BCUT2D eigenvalue weighted by Crippen LogP contribution is 2.06. The van der Waals surface area contributed by atoms with E-state index in [9.17, 15) is 0 Å². The van der Waals surface area contributed by atoms with E-state index in [1.807, 2.05) is 0 Å². The lowest BCUT2D eigenvalue weighted by Gasteiger charge is -2.26. The molecule has 0 aliphatic carbocycles. The number of nitrogens with zero attached hydrogens (tertiary/aromatic N) is 3. The van der Waals surface area contributed by atoms with Gasteiger partial charge in [-0.2, -0.15) is 0 Å². The SMILES string of the molecule is CCN(Cc1cnc(N)cn1)C(C)COC. The van der Waals surface area contributed by atoms with Crippen LogP contribution < -0.4 is 5.73 Å². The molecule has 1 atom stereocenters. The highest BCUT2D eigenvalue weighted by molar-refractivity contribution is 5.22. The van der Waals surface area contributed by atoms with Gasteiger partial charge in [0.05, 0.1) is 24.7 Å². The Bertz CT molecular complexity index is 301. The van der Waals surface area contributed by atoms with Gasteiger partial charge in [0, 0.05) is 19.7 Å². The number of likely N-dealkylation sites (N-methyl/N-ethyl adjacent to an activating group) is 1. The van der Waals surface area contributed by atoms with Crippen molar-refractivity contribution in [1.29, 1.82) is 0 Å². The van der Waals surface area contributed by atoms with Crippen molar-refractivity contribution in [3.63, 3.8) is 0 Å². The third-order valence-electron chi connectivity index (χ3n) is 2.53. The van der Waals surface area contributed by atoms with Crippen LogP contribution in [0.25, 0.3) is 0 Å². The molecular formula is C11H20N4O. The van der Waals surface area contributed by atoms with Gasteiger partial charge in [0.25, 0.3) is 0 Å². The largest absolute Gasteiger partial charge is 0.383 e. The lowest BCUT2D eigenvalue weighted by Crippen LogP contribution is -2.35. The third-order valence-corrected chi connectivity index (χ3v) is 2.53. The van der Waals surface area contributed by atoms with Crippen molar-refractivity contribution in [2.75, 3.05) is 26.0 Å². The van der Waals surface area contributed by atoms with Crippen molar-refractivity contribution in [3.05, 3.63) is 18.1 Å². The summed E-state index contributed by atoms with van der Waals surface area (Å²) in [5.74, 6) is 0.455. The minimum Gasteiger partial charge on any atom is -0.383 e. The average molecular weight is 224 g/mol. The lowest BCUT2D eigenvalue weighted by atomic mass is 10.2. The smallest absolute Gasteiger partial charge is 0.141 e. The number of ether oxygens (including phenoxy) is 1. The third kappa shape index (κ3) is 3.75. The fourth-order valence-electron chi connectivity index (χ4n) is 1.58. The highest BCUT2D eigenvalue weighted by Gasteiger charge is 2.12. The molecule has 0 saturated carbocycles. The number of nitrogens with two attached hydrogens (primary N) is 1. The minimum atomic E-state index is 0.370. The molecule has 1 rings (SSSR count). The molecule has 5 nitrogen and oxygen atoms in total. The van der Waals surface area contributed by atoms with E-state index < -0.39 is 0 Å². The molecule has 1 unspecified atom stereocenters. The maximum absolute atomic E-state index is 5.49. The van der Waals surface area contributed by atoms with Crippen LogP contribution in [0, 0.1) is 0 Å². The second kappa shape index (κ2) is 6.40. The first-order valence-corrected chi connectivity index (χ1v) is 5.46. The van der Waals surface area contributed by atoms with E-state index in [-0.39, 0.29) is 0 Å². The molecule has 90 valence electrons. The monoisotopic (exact) mass is 224 g/mol. The number of nitrogen functional groups attached to an aromatic ring is 1. The van der Waals surface area contributed by atoms with Gasteiger partial charge in [-0.1, -0.05) is 6.92 Å². The number of hydrogen-bond donors (Lipinski definition) is 1. The van der Waals surface area contributed by atoms with Gasteiger partial charge in [-0.05, 0) is 13.5 Å². The number of rotatable bonds is 6. The van der Waals surface area contributed by atoms with Gasteiger partial charge >= 0.3 is 0 Å². The zero-order chi connectivity index (χ0) is 12.0. The van der Waals surface area contributed by atoms with Crippen LogP contribution in [0.4, 0.5) is 5.82 Å². The summed E-state index contributed by atoms with van der Waals surface area (Å²) in [5, 5.41) is 0. The van der Waals surface area contributed by atoms with E-state index in [4.69, 9.17) is 10.5 Å². The number of anilines is 1. The van der Waals surface area contributed by atoms with E-state index in [0.29, 0.717) is 11.9 Å². The fourth-order valence-corrected chi connectivity index (χ4v) is 1.58. The molecule has 1 aromatic heterocycles. The number of hydrogen-bond acceptors (Lipinski definition) is 5. The zero-order valence-electron chi connectivity index (χ0n) is 10.2. The summed E-state index contributed by atoms with van der Waals surface area (Å²) in [6, 6.07) is 0.370. The topological polar surface area (TPSA) is 64.3 Å². The summed E-state index contributed by atoms with van der Waals surface area (Å²) in [6.07, 6.45) is 3.31. The minimum absolute atomic E-state index is 0.370. The second-order valence-electron chi connectivity index (χ2n) is 3.80. The summed E-state index contributed by atoms with van der Waals surface area (Å²) in [5.41, 5.74) is 6.42. The Morgan fingerprint density at radius 2 is 2.19 bits per heavy atom. The standard InChI is InChI=1S/C11H20N4O/c1-4-15(9(2)8-16-3)7-10-5-14-11(12)6-13-10/h5-6,9H,4,7-8H2,1-3H3,(H2,12,14). The molecule has 1 aromatic rings. The Kier molecular flexibility index (Phi) is 5.14. The van der Waals surface area contributed by atoms with Crippen LogP contribution >= 0.6 is 0 Å². The molecule has 16 heavy (non-hydrogen) atoms. The summed E-state index contributed by atoms with van der Waals surface area (Å²) in [6.45, 7) is 6.70. The molecule has 0 saturated heterocycles. The molecule has 5 heteroatoms. The van der Waals surface area contributed by atoms with Gasteiger partial charge in [-0.15, -0.1) is 0 Å². The second-order valence-corrected chi connectivity index (χ2v) is 3.80. The van der Waals surface area contributed by atoms with Gasteiger partial charge in [-0.25, -0.2) is 4.98 Å². The van der Waals surface area contributed by atoms with Crippen LogP contribution in [0.2, 0.25) is 0 Å². The maximum atomic E-state index is 5.49. The quantitative estimate of drug-likeness (QED) is 0.778. The predicted octanol–water partition coefficient (Wildman–Crippen LogP) is 0.916. The zero-order valence-corrected chi connectivity index (χ0v) is 10.2. The van der Waals surface area contributed by atoms with Crippen molar-refractivity contribution >= 4 is 5.82 Å². The van der Waals surface area contributed by atoms with Gasteiger partial charge in [0.15, 0.2) is 0 Å². The molecule has 0 amide bonds. The lowest BCUT2D eigenvalue weighted by molar-refractivity contribution is 0.0973. The Hall–Kier alpha value is -1.20. The van der Waals surface area contributed by atoms with Gasteiger partial charge < -0.3 is 10.5 Å². The Balaban J connectivity index is 2.59. The molecule has 0 aromatic carbocycles. The molecule has 0 fully saturated rings. The molecule has 2 N–H and O–H groups in total. The Labute approximate surface area is 96.6 Å². The molecule has 1 heterocycles. The van der Waals surface area contributed by atoms with Gasteiger partial charge in [0.2, 0.25) is 0 Å². The molecule has 0 aliphatic heterocycles. The van der Waals surface area contributed by atoms with Crippen molar-refractivity contribution < 1.29 is 4.74 Å². The molecule has 0 spiro atoms. The predicted molar refractivity (Wildman–Crippen MR) is 63.9 cm³/mol. The average Bonchev–Trinajstić information content (AvgIpc) is 2.28. The first-order chi connectivity index (χ1) is 7.67. The van der Waals surface area contributed by atoms with Crippen molar-refractivity contribution in [1.82, 2.24) is 14.9 Å². The summed E-state index contributed by atoms with van der Waals surface area (Å²) < 4.78 is 5.15. The van der Waals surface area contributed by atoms with Crippen molar-refractivity contribution in [2.45, 2.75) is 26.4 Å². The number of aromatic nitrogens is 2. The van der Waals surface area contributed by atoms with E-state index in [1.165, 1.54) is 0 Å². The number of methoxy groups -OCH3 is 1. The van der Waals surface area contributed by atoms with Crippen LogP contribution in [0.5, 0.6) is 0 Å². The van der Waals surface area contributed by atoms with Crippen LogP contribution in [-0.2, 0) is 11.3 Å². The molecule has 0 bridgehead atoms. The first kappa shape index (κ1) is 12.9. The Morgan fingerprint density at radius 3 is 2.69 bits per heavy atom. The summed E-state index contributed by atoms with van der Waals surface area (Å²) >= 11 is 0. The van der Waals surface area contributed by atoms with Gasteiger partial charge in [0.1, 0.15) is 5.82 Å². The first-order valence-electron chi connectivity index (χ1n) is 5.46. The van der Waals surface area contributed by atoms with Gasteiger partial charge in [-0.3, -0.25) is 9.88 Å². The Morgan fingerprint density at radius 1 is 1.44 bits per heavy atom.